The fourth-order valence-corrected chi connectivity index (χ4v) is 3.81. The van der Waals surface area contributed by atoms with E-state index in [-0.39, 0.29) is 11.8 Å². The van der Waals surface area contributed by atoms with Crippen LogP contribution in [0.2, 0.25) is 0 Å². The maximum atomic E-state index is 11.2. The number of guanidine groups is 1. The molecular weight excluding hydrogens is 324 g/mol. The summed E-state index contributed by atoms with van der Waals surface area (Å²) in [6, 6.07) is 0.817. The molecule has 0 aromatic rings. The molecule has 142 valence electrons. The number of hydrogen-bond acceptors (Lipinski definition) is 4. The zero-order chi connectivity index (χ0) is 18.0. The summed E-state index contributed by atoms with van der Waals surface area (Å²) in [7, 11) is -1.16. The fraction of sp³-hybridized carbons (Fsp3) is 0.941. The van der Waals surface area contributed by atoms with Crippen molar-refractivity contribution >= 4 is 15.8 Å². The number of hydrogen-bond donors (Lipinski definition) is 2. The highest BCUT2D eigenvalue weighted by molar-refractivity contribution is 7.90. The van der Waals surface area contributed by atoms with Gasteiger partial charge in [-0.3, -0.25) is 4.99 Å². The lowest BCUT2D eigenvalue weighted by molar-refractivity contribution is 0.158. The van der Waals surface area contributed by atoms with Crippen molar-refractivity contribution in [2.45, 2.75) is 64.5 Å². The summed E-state index contributed by atoms with van der Waals surface area (Å²) in [5.41, 5.74) is 0. The zero-order valence-corrected chi connectivity index (χ0v) is 16.7. The van der Waals surface area contributed by atoms with E-state index in [4.69, 9.17) is 0 Å². The highest BCUT2D eigenvalue weighted by Crippen LogP contribution is 2.16. The van der Waals surface area contributed by atoms with Crippen LogP contribution in [0.1, 0.15) is 52.4 Å². The second kappa shape index (κ2) is 10.9. The monoisotopic (exact) mass is 360 g/mol. The third kappa shape index (κ3) is 9.47. The Hall–Kier alpha value is -0.820. The molecule has 0 bridgehead atoms. The van der Waals surface area contributed by atoms with E-state index < -0.39 is 9.84 Å². The van der Waals surface area contributed by atoms with E-state index in [2.05, 4.69) is 27.4 Å². The maximum absolute atomic E-state index is 11.2. The van der Waals surface area contributed by atoms with Gasteiger partial charge in [-0.2, -0.15) is 0 Å². The summed E-state index contributed by atoms with van der Waals surface area (Å²) in [6.07, 6.45) is 8.21. The molecule has 24 heavy (non-hydrogen) atoms. The van der Waals surface area contributed by atoms with Crippen LogP contribution < -0.4 is 10.6 Å². The molecule has 1 rings (SSSR count). The summed E-state index contributed by atoms with van der Waals surface area (Å²) in [5, 5.41) is 6.57. The number of likely N-dealkylation sites (tertiary alicyclic amines) is 1. The van der Waals surface area contributed by atoms with Crippen LogP contribution in [0.3, 0.4) is 0 Å². The Morgan fingerprint density at radius 2 is 2.08 bits per heavy atom. The standard InChI is InChI=1S/C17H36N4O2S/c1-15(10-14-24(4,22)23)20-17(18-3)19-11-6-8-13-21-12-7-5-9-16(21)2/h15-16H,5-14H2,1-4H3,(H2,18,19,20). The first-order valence-corrected chi connectivity index (χ1v) is 11.3. The molecule has 2 atom stereocenters. The number of nitrogens with one attached hydrogen (secondary N) is 2. The highest BCUT2D eigenvalue weighted by atomic mass is 32.2. The number of rotatable bonds is 9. The first kappa shape index (κ1) is 21.2. The molecule has 1 aliphatic heterocycles. The van der Waals surface area contributed by atoms with Gasteiger partial charge in [0.25, 0.3) is 0 Å². The molecule has 2 N–H and O–H groups in total. The molecule has 0 aromatic heterocycles. The zero-order valence-electron chi connectivity index (χ0n) is 15.8. The molecule has 0 aromatic carbocycles. The second-order valence-electron chi connectivity index (χ2n) is 7.05. The van der Waals surface area contributed by atoms with Crippen LogP contribution in [-0.4, -0.2) is 70.1 Å². The molecule has 2 unspecified atom stereocenters. The minimum Gasteiger partial charge on any atom is -0.356 e. The van der Waals surface area contributed by atoms with Crippen molar-refractivity contribution in [3.05, 3.63) is 0 Å². The molecule has 1 fully saturated rings. The van der Waals surface area contributed by atoms with Crippen LogP contribution in [0, 0.1) is 0 Å². The van der Waals surface area contributed by atoms with Gasteiger partial charge < -0.3 is 15.5 Å². The van der Waals surface area contributed by atoms with Crippen molar-refractivity contribution < 1.29 is 8.42 Å². The largest absolute Gasteiger partial charge is 0.356 e. The third-order valence-corrected chi connectivity index (χ3v) is 5.61. The molecular formula is C17H36N4O2S. The lowest BCUT2D eigenvalue weighted by Gasteiger charge is -2.33. The summed E-state index contributed by atoms with van der Waals surface area (Å²) in [6.45, 7) is 7.63. The molecule has 0 aliphatic carbocycles. The molecule has 1 heterocycles. The Balaban J connectivity index is 2.15. The number of unbranched alkanes of at least 4 members (excludes halogenated alkanes) is 1. The highest BCUT2D eigenvalue weighted by Gasteiger charge is 2.17. The van der Waals surface area contributed by atoms with Gasteiger partial charge in [0.1, 0.15) is 9.84 Å². The Kier molecular flexibility index (Phi) is 9.66. The molecule has 6 nitrogen and oxygen atoms in total. The van der Waals surface area contributed by atoms with E-state index in [1.54, 1.807) is 7.05 Å². The van der Waals surface area contributed by atoms with Gasteiger partial charge in [0, 0.05) is 31.9 Å². The molecule has 1 saturated heterocycles. The van der Waals surface area contributed by atoms with Crippen LogP contribution in [-0.2, 0) is 9.84 Å². The predicted molar refractivity (Wildman–Crippen MR) is 102 cm³/mol. The Bertz CT molecular complexity index is 479. The lowest BCUT2D eigenvalue weighted by Crippen LogP contribution is -2.43. The number of aliphatic imine (C=N–C) groups is 1. The van der Waals surface area contributed by atoms with Crippen molar-refractivity contribution in [1.82, 2.24) is 15.5 Å². The van der Waals surface area contributed by atoms with Crippen molar-refractivity contribution in [2.75, 3.05) is 38.7 Å². The van der Waals surface area contributed by atoms with Gasteiger partial charge in [0.15, 0.2) is 5.96 Å². The lowest BCUT2D eigenvalue weighted by atomic mass is 10.0. The minimum absolute atomic E-state index is 0.0834. The average Bonchev–Trinajstić information content (AvgIpc) is 2.52. The van der Waals surface area contributed by atoms with Gasteiger partial charge in [-0.15, -0.1) is 0 Å². The molecule has 0 amide bonds. The van der Waals surface area contributed by atoms with E-state index >= 15 is 0 Å². The Morgan fingerprint density at radius 1 is 1.33 bits per heavy atom. The summed E-state index contributed by atoms with van der Waals surface area (Å²) >= 11 is 0. The summed E-state index contributed by atoms with van der Waals surface area (Å²) in [4.78, 5) is 6.81. The minimum atomic E-state index is -2.91. The Labute approximate surface area is 148 Å². The number of piperidine rings is 1. The van der Waals surface area contributed by atoms with Crippen molar-refractivity contribution in [3.8, 4) is 0 Å². The Morgan fingerprint density at radius 3 is 2.71 bits per heavy atom. The topological polar surface area (TPSA) is 73.8 Å². The van der Waals surface area contributed by atoms with Crippen molar-refractivity contribution in [2.24, 2.45) is 4.99 Å². The smallest absolute Gasteiger partial charge is 0.191 e. The van der Waals surface area contributed by atoms with E-state index in [9.17, 15) is 8.42 Å². The van der Waals surface area contributed by atoms with E-state index in [1.165, 1.54) is 45.0 Å². The van der Waals surface area contributed by atoms with Crippen LogP contribution in [0.5, 0.6) is 0 Å². The van der Waals surface area contributed by atoms with E-state index in [0.717, 1.165) is 25.0 Å². The van der Waals surface area contributed by atoms with Crippen molar-refractivity contribution in [1.29, 1.82) is 0 Å². The second-order valence-corrected chi connectivity index (χ2v) is 9.31. The van der Waals surface area contributed by atoms with Crippen LogP contribution in [0.15, 0.2) is 4.99 Å². The van der Waals surface area contributed by atoms with Gasteiger partial charge in [0.2, 0.25) is 0 Å². The van der Waals surface area contributed by atoms with E-state index in [1.807, 2.05) is 6.92 Å². The predicted octanol–water partition coefficient (Wildman–Crippen LogP) is 1.63. The SMILES string of the molecule is CN=C(NCCCCN1CCCCC1C)NC(C)CCS(C)(=O)=O. The quantitative estimate of drug-likeness (QED) is 0.371. The summed E-state index contributed by atoms with van der Waals surface area (Å²) < 4.78 is 22.4. The summed E-state index contributed by atoms with van der Waals surface area (Å²) in [5.74, 6) is 0.953. The van der Waals surface area contributed by atoms with Gasteiger partial charge in [-0.25, -0.2) is 8.42 Å². The molecule has 7 heteroatoms. The number of sulfone groups is 1. The normalized spacial score (nSPS) is 21.5. The fourth-order valence-electron chi connectivity index (χ4n) is 3.03. The maximum Gasteiger partial charge on any atom is 0.191 e. The molecule has 1 aliphatic rings. The third-order valence-electron chi connectivity index (χ3n) is 4.63. The van der Waals surface area contributed by atoms with Crippen molar-refractivity contribution in [3.63, 3.8) is 0 Å². The van der Waals surface area contributed by atoms with Gasteiger partial charge >= 0.3 is 0 Å². The van der Waals surface area contributed by atoms with Gasteiger partial charge in [0.05, 0.1) is 5.75 Å². The van der Waals surface area contributed by atoms with Gasteiger partial charge in [-0.05, 0) is 59.0 Å². The van der Waals surface area contributed by atoms with Crippen LogP contribution >= 0.6 is 0 Å². The van der Waals surface area contributed by atoms with E-state index in [0.29, 0.717) is 6.42 Å². The first-order chi connectivity index (χ1) is 11.3. The van der Waals surface area contributed by atoms with Crippen LogP contribution in [0.25, 0.3) is 0 Å². The average molecular weight is 361 g/mol. The van der Waals surface area contributed by atoms with Gasteiger partial charge in [-0.1, -0.05) is 6.42 Å². The molecule has 0 spiro atoms. The molecule has 0 saturated carbocycles. The van der Waals surface area contributed by atoms with Crippen LogP contribution in [0.4, 0.5) is 0 Å². The molecule has 0 radical (unpaired) electrons. The first-order valence-electron chi connectivity index (χ1n) is 9.21. The number of nitrogens with zero attached hydrogens (tertiary/aromatic N) is 2.